The number of aromatic nitrogens is 4. The second-order valence-corrected chi connectivity index (χ2v) is 11.6. The van der Waals surface area contributed by atoms with Gasteiger partial charge in [-0.3, -0.25) is 9.59 Å². The van der Waals surface area contributed by atoms with Crippen molar-refractivity contribution < 1.29 is 31.5 Å². The first-order chi connectivity index (χ1) is 22.9. The molecule has 0 saturated carbocycles. The number of carbonyl (C=O) groups excluding carboxylic acids is 1. The van der Waals surface area contributed by atoms with Gasteiger partial charge in [0.25, 0.3) is 5.56 Å². The zero-order valence-corrected chi connectivity index (χ0v) is 27.1. The lowest BCUT2D eigenvalue weighted by Gasteiger charge is -2.12. The first-order valence-corrected chi connectivity index (χ1v) is 15.3. The van der Waals surface area contributed by atoms with Crippen molar-refractivity contribution in [2.45, 2.75) is 30.8 Å². The molecule has 2 aromatic heterocycles. The van der Waals surface area contributed by atoms with E-state index in [1.54, 1.807) is 61.5 Å². The molecule has 3 aromatic carbocycles. The molecule has 8 nitrogen and oxygen atoms in total. The normalized spacial score (nSPS) is 10.7. The fourth-order valence-corrected chi connectivity index (χ4v) is 5.26. The molecule has 2 heterocycles. The lowest BCUT2D eigenvalue weighted by atomic mass is 10.0. The van der Waals surface area contributed by atoms with Crippen LogP contribution in [0.25, 0.3) is 11.1 Å². The molecule has 0 aliphatic carbocycles. The van der Waals surface area contributed by atoms with Crippen molar-refractivity contribution in [2.24, 2.45) is 7.05 Å². The van der Waals surface area contributed by atoms with E-state index in [1.165, 1.54) is 36.8 Å². The number of methoxy groups -OCH3 is 1. The van der Waals surface area contributed by atoms with E-state index in [1.807, 2.05) is 0 Å². The number of benzene rings is 3. The number of hydrogen-bond donors (Lipinski definition) is 0. The first kappa shape index (κ1) is 35.7. The number of aryl methyl sites for hydroxylation is 1. The molecule has 5 rings (SSSR count). The molecule has 0 unspecified atom stereocenters. The van der Waals surface area contributed by atoms with Crippen molar-refractivity contribution in [1.82, 2.24) is 24.4 Å². The Kier molecular flexibility index (Phi) is 12.0. The predicted octanol–water partition coefficient (Wildman–Crippen LogP) is 6.41. The predicted molar refractivity (Wildman–Crippen MR) is 171 cm³/mol. The second-order valence-electron chi connectivity index (χ2n) is 10.6. The molecule has 0 bridgehead atoms. The lowest BCUT2D eigenvalue weighted by molar-refractivity contribution is -0.117. The second kappa shape index (κ2) is 16.1. The number of hydrogen-bond acceptors (Lipinski definition) is 7. The Morgan fingerprint density at radius 1 is 0.896 bits per heavy atom. The average Bonchev–Trinajstić information content (AvgIpc) is 3.08. The number of thioether (sulfide) groups is 1. The third-order valence-electron chi connectivity index (χ3n) is 7.00. The number of rotatable bonds is 10. The maximum Gasteiger partial charge on any atom is 0.316 e. The Labute approximate surface area is 277 Å². The molecule has 0 N–H and O–H groups in total. The number of nitrogens with zero attached hydrogens (tertiary/aromatic N) is 5. The number of carbonyl (C=O) groups is 1. The molecule has 0 aliphatic heterocycles. The van der Waals surface area contributed by atoms with E-state index >= 15 is 0 Å². The van der Waals surface area contributed by atoms with Gasteiger partial charge in [-0.15, -0.1) is 0 Å². The minimum atomic E-state index is -1.17. The molecule has 48 heavy (non-hydrogen) atoms. The van der Waals surface area contributed by atoms with Crippen LogP contribution in [0.5, 0.6) is 6.01 Å². The zero-order chi connectivity index (χ0) is 35.0. The number of halogens is 5. The number of amides is 1. The van der Waals surface area contributed by atoms with Crippen LogP contribution in [0.15, 0.2) is 77.1 Å². The van der Waals surface area contributed by atoms with Gasteiger partial charge in [0.1, 0.15) is 5.82 Å². The highest BCUT2D eigenvalue weighted by Gasteiger charge is 2.17. The topological polar surface area (TPSA) is 90.2 Å². The van der Waals surface area contributed by atoms with Gasteiger partial charge in [0.05, 0.1) is 7.11 Å². The zero-order valence-electron chi connectivity index (χ0n) is 26.3. The van der Waals surface area contributed by atoms with Crippen LogP contribution in [0, 0.1) is 36.0 Å². The van der Waals surface area contributed by atoms with E-state index in [0.717, 1.165) is 29.3 Å². The lowest BCUT2D eigenvalue weighted by Crippen LogP contribution is -2.18. The van der Waals surface area contributed by atoms with Gasteiger partial charge in [-0.2, -0.15) is 4.98 Å². The average molecular weight is 684 g/mol. The summed E-state index contributed by atoms with van der Waals surface area (Å²) in [5, 5.41) is 0.486. The maximum absolute atomic E-state index is 13.9. The van der Waals surface area contributed by atoms with Gasteiger partial charge in [-0.25, -0.2) is 31.9 Å². The summed E-state index contributed by atoms with van der Waals surface area (Å²) in [5.74, 6) is -4.44. The summed E-state index contributed by atoms with van der Waals surface area (Å²) in [6.45, 7) is 1.60. The van der Waals surface area contributed by atoms with Crippen LogP contribution in [-0.4, -0.2) is 45.0 Å². The molecule has 0 spiro atoms. The molecular formula is C34H30F5N5O3S. The quantitative estimate of drug-likeness (QED) is 0.0553. The van der Waals surface area contributed by atoms with Crippen LogP contribution in [-0.2, 0) is 30.6 Å². The summed E-state index contributed by atoms with van der Waals surface area (Å²) >= 11 is 1.27. The maximum atomic E-state index is 13.9. The fraction of sp³-hybridized carbons (Fsp3) is 0.206. The number of ether oxygens (including phenoxy) is 1. The van der Waals surface area contributed by atoms with Gasteiger partial charge >= 0.3 is 6.01 Å². The molecule has 0 fully saturated rings. The van der Waals surface area contributed by atoms with E-state index in [-0.39, 0.29) is 22.7 Å². The van der Waals surface area contributed by atoms with Crippen molar-refractivity contribution in [3.05, 3.63) is 134 Å². The largest absolute Gasteiger partial charge is 0.467 e. The Balaban J connectivity index is 0.000000224. The van der Waals surface area contributed by atoms with E-state index < -0.39 is 29.1 Å². The third kappa shape index (κ3) is 9.03. The summed E-state index contributed by atoms with van der Waals surface area (Å²) in [7, 11) is 4.88. The highest BCUT2D eigenvalue weighted by molar-refractivity contribution is 7.98. The molecule has 14 heteroatoms. The van der Waals surface area contributed by atoms with Crippen LogP contribution in [0.1, 0.15) is 27.8 Å². The minimum absolute atomic E-state index is 0.120. The molecule has 1 amide bonds. The highest BCUT2D eigenvalue weighted by atomic mass is 32.2. The van der Waals surface area contributed by atoms with Crippen molar-refractivity contribution in [2.75, 3.05) is 14.2 Å². The standard InChI is InChI=1S/C18H16F2N4O2S.C16H14F3NO/c1-24-9-13(5-12-7-21-17(26-2)22-8-12)16(25)23-18(24)27-10-11-3-4-14(19)15(20)6-11;1-10-14(17)7-13(16(19)15(10)18)12-5-3-11(4-6-12)8-20(2)9-21/h3-4,6-9H,5,10H2,1-2H3;3-7,9H,8H2,1-2H3. The van der Waals surface area contributed by atoms with E-state index in [0.29, 0.717) is 47.0 Å². The molecule has 0 atom stereocenters. The van der Waals surface area contributed by atoms with Gasteiger partial charge in [-0.1, -0.05) is 42.1 Å². The van der Waals surface area contributed by atoms with Crippen molar-refractivity contribution in [3.8, 4) is 17.1 Å². The smallest absolute Gasteiger partial charge is 0.316 e. The van der Waals surface area contributed by atoms with Crippen molar-refractivity contribution in [1.29, 1.82) is 0 Å². The summed E-state index contributed by atoms with van der Waals surface area (Å²) < 4.78 is 73.9. The van der Waals surface area contributed by atoms with Gasteiger partial charge in [-0.05, 0) is 47.4 Å². The summed E-state index contributed by atoms with van der Waals surface area (Å²) in [5.41, 5.74) is 2.28. The molecule has 250 valence electrons. The van der Waals surface area contributed by atoms with E-state index in [9.17, 15) is 31.5 Å². The Hall–Kier alpha value is -5.11. The molecular weight excluding hydrogens is 653 g/mol. The first-order valence-electron chi connectivity index (χ1n) is 14.3. The monoisotopic (exact) mass is 683 g/mol. The Morgan fingerprint density at radius 2 is 1.56 bits per heavy atom. The van der Waals surface area contributed by atoms with Gasteiger partial charge in [0, 0.05) is 68.1 Å². The summed E-state index contributed by atoms with van der Waals surface area (Å²) in [6, 6.07) is 11.5. The van der Waals surface area contributed by atoms with Crippen LogP contribution < -0.4 is 10.3 Å². The fourth-order valence-electron chi connectivity index (χ4n) is 4.38. The molecule has 0 aliphatic rings. The van der Waals surface area contributed by atoms with E-state index in [4.69, 9.17) is 4.74 Å². The molecule has 5 aromatic rings. The Bertz CT molecular complexity index is 1960. The van der Waals surface area contributed by atoms with E-state index in [2.05, 4.69) is 15.0 Å². The van der Waals surface area contributed by atoms with Gasteiger partial charge < -0.3 is 14.2 Å². The van der Waals surface area contributed by atoms with Gasteiger partial charge in [0.2, 0.25) is 6.41 Å². The van der Waals surface area contributed by atoms with Crippen molar-refractivity contribution >= 4 is 18.2 Å². The minimum Gasteiger partial charge on any atom is -0.467 e. The van der Waals surface area contributed by atoms with Crippen molar-refractivity contribution in [3.63, 3.8) is 0 Å². The highest BCUT2D eigenvalue weighted by Crippen LogP contribution is 2.28. The van der Waals surface area contributed by atoms with Crippen LogP contribution in [0.3, 0.4) is 0 Å². The Morgan fingerprint density at radius 3 is 2.19 bits per heavy atom. The summed E-state index contributed by atoms with van der Waals surface area (Å²) in [4.78, 5) is 36.4. The van der Waals surface area contributed by atoms with Gasteiger partial charge in [0.15, 0.2) is 28.4 Å². The third-order valence-corrected chi connectivity index (χ3v) is 8.11. The molecule has 0 radical (unpaired) electrons. The van der Waals surface area contributed by atoms with Crippen LogP contribution in [0.2, 0.25) is 0 Å². The molecule has 0 saturated heterocycles. The van der Waals surface area contributed by atoms with Crippen LogP contribution in [0.4, 0.5) is 22.0 Å². The SMILES string of the molecule is COc1ncc(Cc2cn(C)c(SCc3ccc(F)c(F)c3)nc2=O)cn1.Cc1c(F)cc(-c2ccc(CN(C)C=O)cc2)c(F)c1F. The summed E-state index contributed by atoms with van der Waals surface area (Å²) in [6.07, 6.45) is 5.93. The van der Waals surface area contributed by atoms with Crippen LogP contribution >= 0.6 is 11.8 Å².